The van der Waals surface area contributed by atoms with Gasteiger partial charge in [0.25, 0.3) is 0 Å². The lowest BCUT2D eigenvalue weighted by molar-refractivity contribution is 0.276. The van der Waals surface area contributed by atoms with E-state index in [4.69, 9.17) is 12.2 Å². The highest BCUT2D eigenvalue weighted by molar-refractivity contribution is 7.71. The van der Waals surface area contributed by atoms with Gasteiger partial charge in [-0.2, -0.15) is 0 Å². The van der Waals surface area contributed by atoms with E-state index in [0.717, 1.165) is 24.4 Å². The first-order valence-corrected chi connectivity index (χ1v) is 5.65. The quantitative estimate of drug-likeness (QED) is 0.733. The highest BCUT2D eigenvalue weighted by atomic mass is 32.1. The number of hydrogen-bond acceptors (Lipinski definition) is 2. The van der Waals surface area contributed by atoms with Crippen LogP contribution in [0, 0.1) is 4.77 Å². The standard InChI is InChI=1S/C10H19N3S/c1-3-6-12(4-2)8-9-13-7-5-11-10(13)14/h5,7H,3-4,6,8-9H2,1-2H3,(H,11,14). The maximum absolute atomic E-state index is 5.13. The average Bonchev–Trinajstić information content (AvgIpc) is 2.59. The fraction of sp³-hybridized carbons (Fsp3) is 0.700. The zero-order chi connectivity index (χ0) is 10.4. The van der Waals surface area contributed by atoms with E-state index in [-0.39, 0.29) is 0 Å². The van der Waals surface area contributed by atoms with E-state index >= 15 is 0 Å². The van der Waals surface area contributed by atoms with E-state index in [1.54, 1.807) is 0 Å². The van der Waals surface area contributed by atoms with Crippen molar-refractivity contribution in [3.8, 4) is 0 Å². The third kappa shape index (κ3) is 3.27. The van der Waals surface area contributed by atoms with Crippen LogP contribution >= 0.6 is 12.2 Å². The molecule has 14 heavy (non-hydrogen) atoms. The number of likely N-dealkylation sites (N-methyl/N-ethyl adjacent to an activating group) is 1. The van der Waals surface area contributed by atoms with E-state index < -0.39 is 0 Å². The first-order valence-electron chi connectivity index (χ1n) is 5.24. The minimum absolute atomic E-state index is 0.817. The molecule has 0 radical (unpaired) electrons. The highest BCUT2D eigenvalue weighted by Crippen LogP contribution is 1.95. The van der Waals surface area contributed by atoms with Crippen molar-refractivity contribution in [2.24, 2.45) is 0 Å². The lowest BCUT2D eigenvalue weighted by atomic mass is 10.4. The second-order valence-electron chi connectivity index (χ2n) is 3.39. The molecule has 0 saturated carbocycles. The Hall–Kier alpha value is -0.610. The molecular formula is C10H19N3S. The number of hydrogen-bond donors (Lipinski definition) is 1. The first-order chi connectivity index (χ1) is 6.77. The van der Waals surface area contributed by atoms with Crippen LogP contribution in [0.5, 0.6) is 0 Å². The van der Waals surface area contributed by atoms with Crippen LogP contribution in [0.15, 0.2) is 12.4 Å². The van der Waals surface area contributed by atoms with E-state index in [0.29, 0.717) is 0 Å². The van der Waals surface area contributed by atoms with Crippen LogP contribution in [0.25, 0.3) is 0 Å². The van der Waals surface area contributed by atoms with Crippen molar-refractivity contribution in [1.82, 2.24) is 14.5 Å². The molecule has 0 fully saturated rings. The van der Waals surface area contributed by atoms with E-state index in [9.17, 15) is 0 Å². The molecule has 0 aromatic carbocycles. The zero-order valence-electron chi connectivity index (χ0n) is 8.99. The van der Waals surface area contributed by atoms with Gasteiger partial charge in [-0.25, -0.2) is 0 Å². The molecule has 1 rings (SSSR count). The Morgan fingerprint density at radius 2 is 2.21 bits per heavy atom. The van der Waals surface area contributed by atoms with Crippen molar-refractivity contribution in [3.63, 3.8) is 0 Å². The van der Waals surface area contributed by atoms with Crippen LogP contribution in [-0.4, -0.2) is 34.1 Å². The van der Waals surface area contributed by atoms with Gasteiger partial charge in [0, 0.05) is 25.5 Å². The largest absolute Gasteiger partial charge is 0.337 e. The van der Waals surface area contributed by atoms with Gasteiger partial charge >= 0.3 is 0 Å². The Kier molecular flexibility index (Phi) is 4.90. The molecule has 0 spiro atoms. The predicted molar refractivity (Wildman–Crippen MR) is 62.0 cm³/mol. The molecule has 1 aromatic rings. The second-order valence-corrected chi connectivity index (χ2v) is 3.78. The summed E-state index contributed by atoms with van der Waals surface area (Å²) in [6, 6.07) is 0. The molecule has 80 valence electrons. The smallest absolute Gasteiger partial charge is 0.177 e. The number of H-pyrrole nitrogens is 1. The average molecular weight is 213 g/mol. The van der Waals surface area contributed by atoms with Crippen LogP contribution in [-0.2, 0) is 6.54 Å². The van der Waals surface area contributed by atoms with Crippen molar-refractivity contribution >= 4 is 12.2 Å². The third-order valence-corrected chi connectivity index (χ3v) is 2.72. The molecule has 1 N–H and O–H groups in total. The molecule has 0 bridgehead atoms. The molecule has 1 heterocycles. The van der Waals surface area contributed by atoms with Gasteiger partial charge in [-0.1, -0.05) is 13.8 Å². The van der Waals surface area contributed by atoms with Gasteiger partial charge in [-0.05, 0) is 31.7 Å². The van der Waals surface area contributed by atoms with Crippen LogP contribution in [0.3, 0.4) is 0 Å². The summed E-state index contributed by atoms with van der Waals surface area (Å²) < 4.78 is 2.89. The number of aromatic amines is 1. The van der Waals surface area contributed by atoms with Crippen LogP contribution in [0.2, 0.25) is 0 Å². The maximum Gasteiger partial charge on any atom is 0.177 e. The molecule has 3 nitrogen and oxygen atoms in total. The molecule has 0 aliphatic heterocycles. The van der Waals surface area contributed by atoms with Crippen molar-refractivity contribution in [2.75, 3.05) is 19.6 Å². The number of rotatable bonds is 6. The van der Waals surface area contributed by atoms with E-state index in [1.165, 1.54) is 13.0 Å². The van der Waals surface area contributed by atoms with Crippen LogP contribution in [0.4, 0.5) is 0 Å². The van der Waals surface area contributed by atoms with Crippen LogP contribution < -0.4 is 0 Å². The summed E-state index contributed by atoms with van der Waals surface area (Å²) in [5.41, 5.74) is 0. The van der Waals surface area contributed by atoms with E-state index in [1.807, 2.05) is 12.4 Å². The summed E-state index contributed by atoms with van der Waals surface area (Å²) in [5, 5.41) is 0. The monoisotopic (exact) mass is 213 g/mol. The highest BCUT2D eigenvalue weighted by Gasteiger charge is 2.00. The Bertz CT molecular complexity index is 302. The van der Waals surface area contributed by atoms with Gasteiger partial charge in [-0.15, -0.1) is 0 Å². The summed E-state index contributed by atoms with van der Waals surface area (Å²) in [4.78, 5) is 5.44. The first kappa shape index (κ1) is 11.5. The Morgan fingerprint density at radius 1 is 1.43 bits per heavy atom. The third-order valence-electron chi connectivity index (χ3n) is 2.37. The molecule has 0 saturated heterocycles. The van der Waals surface area contributed by atoms with Gasteiger partial charge in [0.15, 0.2) is 4.77 Å². The van der Waals surface area contributed by atoms with Gasteiger partial charge in [0.2, 0.25) is 0 Å². The number of aromatic nitrogens is 2. The molecule has 0 aliphatic carbocycles. The molecule has 0 unspecified atom stereocenters. The Morgan fingerprint density at radius 3 is 2.71 bits per heavy atom. The fourth-order valence-corrected chi connectivity index (χ4v) is 1.74. The van der Waals surface area contributed by atoms with Crippen molar-refractivity contribution < 1.29 is 0 Å². The van der Waals surface area contributed by atoms with Gasteiger partial charge in [-0.3, -0.25) is 0 Å². The van der Waals surface area contributed by atoms with E-state index in [2.05, 4.69) is 28.3 Å². The van der Waals surface area contributed by atoms with Crippen molar-refractivity contribution in [1.29, 1.82) is 0 Å². The summed E-state index contributed by atoms with van der Waals surface area (Å²) in [6.45, 7) is 8.77. The predicted octanol–water partition coefficient (Wildman–Crippen LogP) is 2.28. The summed E-state index contributed by atoms with van der Waals surface area (Å²) in [7, 11) is 0. The van der Waals surface area contributed by atoms with Crippen molar-refractivity contribution in [3.05, 3.63) is 17.2 Å². The topological polar surface area (TPSA) is 24.0 Å². The number of nitrogens with one attached hydrogen (secondary N) is 1. The lowest BCUT2D eigenvalue weighted by Crippen LogP contribution is -2.28. The minimum atomic E-state index is 0.817. The molecule has 0 atom stereocenters. The number of nitrogens with zero attached hydrogens (tertiary/aromatic N) is 2. The fourth-order valence-electron chi connectivity index (χ4n) is 1.52. The normalized spacial score (nSPS) is 11.1. The van der Waals surface area contributed by atoms with Crippen LogP contribution in [0.1, 0.15) is 20.3 Å². The molecule has 0 aliphatic rings. The lowest BCUT2D eigenvalue weighted by Gasteiger charge is -2.19. The maximum atomic E-state index is 5.13. The van der Waals surface area contributed by atoms with Gasteiger partial charge in [0.1, 0.15) is 0 Å². The summed E-state index contributed by atoms with van der Waals surface area (Å²) in [5.74, 6) is 0. The van der Waals surface area contributed by atoms with Gasteiger partial charge in [0.05, 0.1) is 0 Å². The molecular weight excluding hydrogens is 194 g/mol. The summed E-state index contributed by atoms with van der Waals surface area (Å²) in [6.07, 6.45) is 5.10. The Balaban J connectivity index is 2.39. The SMILES string of the molecule is CCCN(CC)CCn1cc[nH]c1=S. The second kappa shape index (κ2) is 5.98. The van der Waals surface area contributed by atoms with Gasteiger partial charge < -0.3 is 14.5 Å². The Labute approximate surface area is 90.7 Å². The number of imidazole rings is 1. The zero-order valence-corrected chi connectivity index (χ0v) is 9.81. The summed E-state index contributed by atoms with van der Waals surface area (Å²) >= 11 is 5.13. The molecule has 4 heteroatoms. The molecule has 1 aromatic heterocycles. The molecule has 0 amide bonds. The van der Waals surface area contributed by atoms with Crippen molar-refractivity contribution in [2.45, 2.75) is 26.8 Å². The minimum Gasteiger partial charge on any atom is -0.337 e.